The molecule has 3 aliphatic heterocycles. The highest BCUT2D eigenvalue weighted by atomic mass is 16.2. The maximum Gasteiger partial charge on any atom is 0.255 e. The van der Waals surface area contributed by atoms with Crippen LogP contribution in [0.4, 0.5) is 0 Å². The van der Waals surface area contributed by atoms with E-state index in [0.29, 0.717) is 18.5 Å². The van der Waals surface area contributed by atoms with Crippen molar-refractivity contribution in [3.63, 3.8) is 0 Å². The lowest BCUT2D eigenvalue weighted by molar-refractivity contribution is -0.136. The summed E-state index contributed by atoms with van der Waals surface area (Å²) < 4.78 is 0. The van der Waals surface area contributed by atoms with Gasteiger partial charge >= 0.3 is 0 Å². The average molecular weight is 370 g/mol. The summed E-state index contributed by atoms with van der Waals surface area (Å²) in [7, 11) is 0. The zero-order valence-electron chi connectivity index (χ0n) is 15.6. The monoisotopic (exact) mass is 370 g/mol. The van der Waals surface area contributed by atoms with Crippen molar-refractivity contribution in [3.05, 3.63) is 34.9 Å². The minimum Gasteiger partial charge on any atom is -0.322 e. The molecule has 27 heavy (non-hydrogen) atoms. The van der Waals surface area contributed by atoms with Gasteiger partial charge in [-0.15, -0.1) is 0 Å². The van der Waals surface area contributed by atoms with Crippen LogP contribution in [-0.2, 0) is 22.7 Å². The number of carbonyl (C=O) groups excluding carboxylic acids is 3. The summed E-state index contributed by atoms with van der Waals surface area (Å²) in [5, 5.41) is 9.41. The van der Waals surface area contributed by atoms with Gasteiger partial charge in [0.2, 0.25) is 11.8 Å². The fourth-order valence-electron chi connectivity index (χ4n) is 4.26. The Hall–Kier alpha value is -2.25. The van der Waals surface area contributed by atoms with E-state index in [4.69, 9.17) is 0 Å². The molecular weight excluding hydrogens is 344 g/mol. The van der Waals surface area contributed by atoms with Crippen molar-refractivity contribution in [3.8, 4) is 0 Å². The molecule has 3 N–H and O–H groups in total. The molecule has 0 aromatic heterocycles. The highest BCUT2D eigenvalue weighted by Gasteiger charge is 2.39. The Kier molecular flexibility index (Phi) is 4.74. The maximum atomic E-state index is 12.7. The SMILES string of the molecule is C[C@]1(NCc2ccc3c(c2)CN(C2CCC(=O)NC2=O)C3=O)CCCNC1. The third-order valence-corrected chi connectivity index (χ3v) is 5.90. The molecule has 7 heteroatoms. The van der Waals surface area contributed by atoms with E-state index in [-0.39, 0.29) is 29.7 Å². The van der Waals surface area contributed by atoms with Crippen LogP contribution in [0.3, 0.4) is 0 Å². The van der Waals surface area contributed by atoms with E-state index >= 15 is 0 Å². The largest absolute Gasteiger partial charge is 0.322 e. The quantitative estimate of drug-likeness (QED) is 0.678. The molecule has 1 aromatic carbocycles. The Morgan fingerprint density at radius 1 is 1.30 bits per heavy atom. The number of carbonyl (C=O) groups is 3. The smallest absolute Gasteiger partial charge is 0.255 e. The molecule has 2 saturated heterocycles. The first-order valence-corrected chi connectivity index (χ1v) is 9.67. The summed E-state index contributed by atoms with van der Waals surface area (Å²) >= 11 is 0. The summed E-state index contributed by atoms with van der Waals surface area (Å²) in [6, 6.07) is 5.35. The fraction of sp³-hybridized carbons (Fsp3) is 0.550. The summed E-state index contributed by atoms with van der Waals surface area (Å²) in [6.45, 7) is 5.44. The van der Waals surface area contributed by atoms with Crippen molar-refractivity contribution in [2.45, 2.75) is 57.3 Å². The van der Waals surface area contributed by atoms with Gasteiger partial charge < -0.3 is 15.5 Å². The molecule has 0 bridgehead atoms. The van der Waals surface area contributed by atoms with Crippen LogP contribution in [0.2, 0.25) is 0 Å². The minimum atomic E-state index is -0.559. The lowest BCUT2D eigenvalue weighted by Crippen LogP contribution is -2.53. The molecule has 1 aromatic rings. The first kappa shape index (κ1) is 18.1. The van der Waals surface area contributed by atoms with Gasteiger partial charge in [-0.05, 0) is 49.9 Å². The first-order chi connectivity index (χ1) is 13.0. The first-order valence-electron chi connectivity index (χ1n) is 9.67. The van der Waals surface area contributed by atoms with E-state index in [1.807, 2.05) is 12.1 Å². The number of hydrogen-bond donors (Lipinski definition) is 3. The predicted octanol–water partition coefficient (Wildman–Crippen LogP) is 0.679. The van der Waals surface area contributed by atoms with Crippen LogP contribution >= 0.6 is 0 Å². The minimum absolute atomic E-state index is 0.0891. The topological polar surface area (TPSA) is 90.5 Å². The Balaban J connectivity index is 1.44. The van der Waals surface area contributed by atoms with E-state index in [0.717, 1.165) is 37.2 Å². The van der Waals surface area contributed by atoms with Crippen LogP contribution in [0, 0.1) is 0 Å². The van der Waals surface area contributed by atoms with Crippen LogP contribution in [0.25, 0.3) is 0 Å². The van der Waals surface area contributed by atoms with Gasteiger partial charge in [-0.25, -0.2) is 0 Å². The Bertz CT molecular complexity index is 785. The third kappa shape index (κ3) is 3.61. The molecule has 0 radical (unpaired) electrons. The van der Waals surface area contributed by atoms with Gasteiger partial charge in [-0.3, -0.25) is 19.7 Å². The van der Waals surface area contributed by atoms with Crippen LogP contribution in [0.15, 0.2) is 18.2 Å². The highest BCUT2D eigenvalue weighted by Crippen LogP contribution is 2.28. The van der Waals surface area contributed by atoms with Gasteiger partial charge in [0, 0.05) is 37.2 Å². The standard InChI is InChI=1S/C20H26N4O3/c1-20(7-2-8-21-12-20)22-10-13-3-4-15-14(9-13)11-24(19(15)27)16-5-6-17(25)23-18(16)26/h3-4,9,16,21-22H,2,5-8,10-12H2,1H3,(H,23,25,26)/t16?,20-/m0/s1. The second kappa shape index (κ2) is 7.05. The molecule has 1 unspecified atom stereocenters. The van der Waals surface area contributed by atoms with E-state index in [2.05, 4.69) is 28.9 Å². The molecule has 2 fully saturated rings. The Morgan fingerprint density at radius 3 is 2.89 bits per heavy atom. The van der Waals surface area contributed by atoms with E-state index in [9.17, 15) is 14.4 Å². The van der Waals surface area contributed by atoms with Crippen LogP contribution < -0.4 is 16.0 Å². The van der Waals surface area contributed by atoms with Crippen LogP contribution in [-0.4, -0.2) is 47.3 Å². The summed E-state index contributed by atoms with van der Waals surface area (Å²) in [4.78, 5) is 37.8. The van der Waals surface area contributed by atoms with Gasteiger partial charge in [-0.2, -0.15) is 0 Å². The summed E-state index contributed by atoms with van der Waals surface area (Å²) in [5.74, 6) is -0.756. The number of benzene rings is 1. The fourth-order valence-corrected chi connectivity index (χ4v) is 4.26. The second-order valence-corrected chi connectivity index (χ2v) is 8.09. The van der Waals surface area contributed by atoms with Gasteiger partial charge in [0.05, 0.1) is 0 Å². The summed E-state index contributed by atoms with van der Waals surface area (Å²) in [6.07, 6.45) is 2.98. The van der Waals surface area contributed by atoms with Crippen LogP contribution in [0.5, 0.6) is 0 Å². The molecule has 3 aliphatic rings. The van der Waals surface area contributed by atoms with Crippen molar-refractivity contribution >= 4 is 17.7 Å². The lowest BCUT2D eigenvalue weighted by atomic mass is 9.92. The molecule has 3 amide bonds. The number of piperidine rings is 2. The number of hydrogen-bond acceptors (Lipinski definition) is 5. The molecule has 2 atom stereocenters. The number of rotatable bonds is 4. The van der Waals surface area contributed by atoms with E-state index in [1.165, 1.54) is 6.42 Å². The average Bonchev–Trinajstić information content (AvgIpc) is 2.97. The molecule has 144 valence electrons. The van der Waals surface area contributed by atoms with Gasteiger partial charge in [0.25, 0.3) is 5.91 Å². The second-order valence-electron chi connectivity index (χ2n) is 8.09. The Labute approximate surface area is 158 Å². The van der Waals surface area contributed by atoms with Crippen molar-refractivity contribution < 1.29 is 14.4 Å². The van der Waals surface area contributed by atoms with Crippen molar-refractivity contribution in [2.75, 3.05) is 13.1 Å². The zero-order valence-corrected chi connectivity index (χ0v) is 15.6. The Morgan fingerprint density at radius 2 is 2.15 bits per heavy atom. The number of nitrogens with zero attached hydrogens (tertiary/aromatic N) is 1. The molecular formula is C20H26N4O3. The number of nitrogens with one attached hydrogen (secondary N) is 3. The number of amides is 3. The van der Waals surface area contributed by atoms with Crippen LogP contribution in [0.1, 0.15) is 54.1 Å². The van der Waals surface area contributed by atoms with Gasteiger partial charge in [0.1, 0.15) is 6.04 Å². The zero-order chi connectivity index (χ0) is 19.0. The molecule has 7 nitrogen and oxygen atoms in total. The van der Waals surface area contributed by atoms with Crippen molar-refractivity contribution in [1.82, 2.24) is 20.9 Å². The van der Waals surface area contributed by atoms with Gasteiger partial charge in [0.15, 0.2) is 0 Å². The van der Waals surface area contributed by atoms with Crippen molar-refractivity contribution in [2.24, 2.45) is 0 Å². The normalized spacial score (nSPS) is 28.3. The van der Waals surface area contributed by atoms with Gasteiger partial charge in [-0.1, -0.05) is 12.1 Å². The highest BCUT2D eigenvalue weighted by molar-refractivity contribution is 6.05. The molecule has 0 spiro atoms. The molecule has 3 heterocycles. The predicted molar refractivity (Wildman–Crippen MR) is 99.8 cm³/mol. The van der Waals surface area contributed by atoms with E-state index in [1.54, 1.807) is 4.90 Å². The molecule has 4 rings (SSSR count). The maximum absolute atomic E-state index is 12.7. The van der Waals surface area contributed by atoms with Crippen molar-refractivity contribution in [1.29, 1.82) is 0 Å². The number of fused-ring (bicyclic) bond motifs is 1. The summed E-state index contributed by atoms with van der Waals surface area (Å²) in [5.41, 5.74) is 2.84. The van der Waals surface area contributed by atoms with E-state index < -0.39 is 6.04 Å². The third-order valence-electron chi connectivity index (χ3n) is 5.90. The lowest BCUT2D eigenvalue weighted by Gasteiger charge is -2.35. The number of imide groups is 1. The molecule has 0 aliphatic carbocycles. The molecule has 0 saturated carbocycles.